The normalized spacial score (nSPS) is 13.2. The number of halogens is 1. The number of imide groups is 1. The van der Waals surface area contributed by atoms with Crippen molar-refractivity contribution >= 4 is 45.7 Å². The maximum atomic E-state index is 12.0. The molecule has 1 aromatic carbocycles. The summed E-state index contributed by atoms with van der Waals surface area (Å²) in [6, 6.07) is 6.83. The van der Waals surface area contributed by atoms with Gasteiger partial charge in [-0.25, -0.2) is 0 Å². The van der Waals surface area contributed by atoms with E-state index in [2.05, 4.69) is 0 Å². The van der Waals surface area contributed by atoms with Crippen LogP contribution in [-0.4, -0.2) is 34.2 Å². The third kappa shape index (κ3) is 3.36. The minimum Gasteiger partial charge on any atom is -0.379 e. The van der Waals surface area contributed by atoms with Gasteiger partial charge in [0.1, 0.15) is 0 Å². The van der Waals surface area contributed by atoms with Gasteiger partial charge in [-0.2, -0.15) is 0 Å². The lowest BCUT2D eigenvalue weighted by Crippen LogP contribution is -2.31. The minimum absolute atomic E-state index is 0. The highest BCUT2D eigenvalue weighted by Gasteiger charge is 2.34. The predicted molar refractivity (Wildman–Crippen MR) is 81.1 cm³/mol. The molecule has 0 spiro atoms. The molecule has 0 unspecified atom stereocenters. The van der Waals surface area contributed by atoms with E-state index in [1.807, 2.05) is 0 Å². The van der Waals surface area contributed by atoms with Gasteiger partial charge in [-0.1, -0.05) is 23.9 Å². The molecule has 3 N–H and O–H groups in total. The number of hydrogen-bond donors (Lipinski definition) is 2. The maximum Gasteiger partial charge on any atom is 0.261 e. The van der Waals surface area contributed by atoms with Crippen LogP contribution in [0.15, 0.2) is 24.3 Å². The molecule has 0 radical (unpaired) electrons. The summed E-state index contributed by atoms with van der Waals surface area (Å²) in [4.78, 5) is 25.2. The van der Waals surface area contributed by atoms with Crippen molar-refractivity contribution in [3.05, 3.63) is 35.4 Å². The van der Waals surface area contributed by atoms with Crippen molar-refractivity contribution in [2.45, 2.75) is 6.42 Å². The predicted octanol–water partition coefficient (Wildman–Crippen LogP) is 1.88. The fraction of sp³-hybridized carbons (Fsp3) is 0.250. The number of amides is 2. The first-order valence-electron chi connectivity index (χ1n) is 5.53. The SMILES string of the molecule is Br.N=C(N)SCCCN1C(=O)c2ccccc2C1=O. The summed E-state index contributed by atoms with van der Waals surface area (Å²) < 4.78 is 0. The summed E-state index contributed by atoms with van der Waals surface area (Å²) in [7, 11) is 0. The Kier molecular flexibility index (Phi) is 5.56. The number of rotatable bonds is 4. The molecule has 1 aromatic rings. The van der Waals surface area contributed by atoms with E-state index in [9.17, 15) is 9.59 Å². The van der Waals surface area contributed by atoms with Crippen molar-refractivity contribution in [1.82, 2.24) is 4.90 Å². The van der Waals surface area contributed by atoms with Crippen LogP contribution in [0.2, 0.25) is 0 Å². The van der Waals surface area contributed by atoms with Crippen LogP contribution in [0.1, 0.15) is 27.1 Å². The highest BCUT2D eigenvalue weighted by atomic mass is 79.9. The molecule has 2 rings (SSSR count). The van der Waals surface area contributed by atoms with Gasteiger partial charge >= 0.3 is 0 Å². The lowest BCUT2D eigenvalue weighted by atomic mass is 10.1. The molecule has 5 nitrogen and oxygen atoms in total. The smallest absolute Gasteiger partial charge is 0.261 e. The second-order valence-corrected chi connectivity index (χ2v) is 5.01. The molecule has 1 heterocycles. The molecule has 0 atom stereocenters. The van der Waals surface area contributed by atoms with E-state index in [0.717, 1.165) is 0 Å². The Hall–Kier alpha value is -1.34. The van der Waals surface area contributed by atoms with Gasteiger partial charge in [0.15, 0.2) is 5.17 Å². The summed E-state index contributed by atoms with van der Waals surface area (Å²) >= 11 is 1.21. The first kappa shape index (κ1) is 15.7. The third-order valence-electron chi connectivity index (χ3n) is 2.66. The molecule has 0 fully saturated rings. The van der Waals surface area contributed by atoms with Crippen LogP contribution >= 0.6 is 28.7 Å². The van der Waals surface area contributed by atoms with Gasteiger partial charge in [0.05, 0.1) is 11.1 Å². The van der Waals surface area contributed by atoms with Crippen molar-refractivity contribution in [3.63, 3.8) is 0 Å². The molecule has 2 amide bonds. The van der Waals surface area contributed by atoms with Crippen molar-refractivity contribution in [1.29, 1.82) is 5.41 Å². The molecule has 0 saturated carbocycles. The van der Waals surface area contributed by atoms with Crippen LogP contribution in [-0.2, 0) is 0 Å². The van der Waals surface area contributed by atoms with Crippen molar-refractivity contribution < 1.29 is 9.59 Å². The van der Waals surface area contributed by atoms with Gasteiger partial charge in [0, 0.05) is 12.3 Å². The molecule has 0 saturated heterocycles. The molecule has 0 aromatic heterocycles. The Balaban J connectivity index is 0.00000180. The first-order valence-corrected chi connectivity index (χ1v) is 6.52. The number of nitrogens with zero attached hydrogens (tertiary/aromatic N) is 1. The molecule has 102 valence electrons. The summed E-state index contributed by atoms with van der Waals surface area (Å²) in [6.45, 7) is 0.368. The van der Waals surface area contributed by atoms with Crippen LogP contribution in [0.5, 0.6) is 0 Å². The number of carbonyl (C=O) groups excluding carboxylic acids is 2. The lowest BCUT2D eigenvalue weighted by molar-refractivity contribution is 0.0655. The van der Waals surface area contributed by atoms with E-state index in [4.69, 9.17) is 11.1 Å². The zero-order valence-electron chi connectivity index (χ0n) is 10.1. The second kappa shape index (κ2) is 6.72. The van der Waals surface area contributed by atoms with Crippen molar-refractivity contribution in [3.8, 4) is 0 Å². The number of carbonyl (C=O) groups is 2. The Morgan fingerprint density at radius 2 is 1.74 bits per heavy atom. The van der Waals surface area contributed by atoms with E-state index in [-0.39, 0.29) is 34.0 Å². The molecule has 19 heavy (non-hydrogen) atoms. The molecule has 1 aliphatic heterocycles. The first-order chi connectivity index (χ1) is 8.61. The van der Waals surface area contributed by atoms with Gasteiger partial charge in [-0.05, 0) is 18.6 Å². The van der Waals surface area contributed by atoms with Crippen LogP contribution in [0.3, 0.4) is 0 Å². The minimum atomic E-state index is -0.233. The standard InChI is InChI=1S/C12H13N3O2S.BrH/c13-12(14)18-7-3-6-15-10(16)8-4-1-2-5-9(8)11(15)17;/h1-2,4-5H,3,6-7H2,(H3,13,14);1H. The number of nitrogens with one attached hydrogen (secondary N) is 1. The number of nitrogens with two attached hydrogens (primary N) is 1. The molecule has 7 heteroatoms. The Morgan fingerprint density at radius 1 is 1.21 bits per heavy atom. The van der Waals surface area contributed by atoms with Gasteiger partial charge in [0.25, 0.3) is 11.8 Å². The highest BCUT2D eigenvalue weighted by Crippen LogP contribution is 2.22. The summed E-state index contributed by atoms with van der Waals surface area (Å²) in [5, 5.41) is 7.11. The fourth-order valence-electron chi connectivity index (χ4n) is 1.85. The monoisotopic (exact) mass is 343 g/mol. The lowest BCUT2D eigenvalue weighted by Gasteiger charge is -2.12. The zero-order valence-corrected chi connectivity index (χ0v) is 12.6. The van der Waals surface area contributed by atoms with E-state index in [0.29, 0.717) is 29.8 Å². The molecular formula is C12H14BrN3O2S. The van der Waals surface area contributed by atoms with E-state index in [1.54, 1.807) is 24.3 Å². The maximum absolute atomic E-state index is 12.0. The summed E-state index contributed by atoms with van der Waals surface area (Å²) in [5.74, 6) is 0.162. The van der Waals surface area contributed by atoms with Crippen molar-refractivity contribution in [2.24, 2.45) is 5.73 Å². The third-order valence-corrected chi connectivity index (χ3v) is 3.47. The number of fused-ring (bicyclic) bond motifs is 1. The quantitative estimate of drug-likeness (QED) is 0.378. The largest absolute Gasteiger partial charge is 0.379 e. The molecular weight excluding hydrogens is 330 g/mol. The number of hydrogen-bond acceptors (Lipinski definition) is 4. The highest BCUT2D eigenvalue weighted by molar-refractivity contribution is 8.93. The molecule has 0 bridgehead atoms. The zero-order chi connectivity index (χ0) is 13.1. The van der Waals surface area contributed by atoms with Crippen LogP contribution in [0.4, 0.5) is 0 Å². The summed E-state index contributed by atoms with van der Waals surface area (Å²) in [5.41, 5.74) is 6.16. The Bertz CT molecular complexity index is 486. The number of benzene rings is 1. The van der Waals surface area contributed by atoms with E-state index in [1.165, 1.54) is 16.7 Å². The van der Waals surface area contributed by atoms with Gasteiger partial charge in [-0.15, -0.1) is 17.0 Å². The average Bonchev–Trinajstić information content (AvgIpc) is 2.59. The van der Waals surface area contributed by atoms with E-state index >= 15 is 0 Å². The van der Waals surface area contributed by atoms with Crippen molar-refractivity contribution in [2.75, 3.05) is 12.3 Å². The number of amidine groups is 1. The van der Waals surface area contributed by atoms with Crippen LogP contribution < -0.4 is 5.73 Å². The molecule has 1 aliphatic rings. The van der Waals surface area contributed by atoms with Crippen LogP contribution in [0.25, 0.3) is 0 Å². The van der Waals surface area contributed by atoms with Gasteiger partial charge < -0.3 is 5.73 Å². The second-order valence-electron chi connectivity index (χ2n) is 3.87. The van der Waals surface area contributed by atoms with Crippen LogP contribution in [0, 0.1) is 5.41 Å². The average molecular weight is 344 g/mol. The topological polar surface area (TPSA) is 87.2 Å². The van der Waals surface area contributed by atoms with Gasteiger partial charge in [-0.3, -0.25) is 19.9 Å². The Labute approximate surface area is 125 Å². The van der Waals surface area contributed by atoms with E-state index < -0.39 is 0 Å². The number of thioether (sulfide) groups is 1. The molecule has 0 aliphatic carbocycles. The summed E-state index contributed by atoms with van der Waals surface area (Å²) in [6.07, 6.45) is 0.635. The fourth-order valence-corrected chi connectivity index (χ4v) is 2.34. The van der Waals surface area contributed by atoms with Gasteiger partial charge in [0.2, 0.25) is 0 Å². The Morgan fingerprint density at radius 3 is 2.21 bits per heavy atom.